The summed E-state index contributed by atoms with van der Waals surface area (Å²) < 4.78 is 2.46. The molecule has 1 heterocycles. The Morgan fingerprint density at radius 3 is 2.16 bits per heavy atom. The van der Waals surface area contributed by atoms with Gasteiger partial charge in [0.05, 0.1) is 0 Å². The summed E-state index contributed by atoms with van der Waals surface area (Å²) in [4.78, 5) is 4.99. The van der Waals surface area contributed by atoms with Crippen molar-refractivity contribution in [2.75, 3.05) is 0 Å². The van der Waals surface area contributed by atoms with Crippen molar-refractivity contribution < 1.29 is 0 Å². The highest BCUT2D eigenvalue weighted by atomic mass is 15.1. The molecule has 3 aromatic rings. The predicted octanol–water partition coefficient (Wildman–Crippen LogP) is 8.33. The Kier molecular flexibility index (Phi) is 9.59. The molecule has 0 fully saturated rings. The summed E-state index contributed by atoms with van der Waals surface area (Å²) in [6, 6.07) is 22.2. The molecule has 0 amide bonds. The fourth-order valence-electron chi connectivity index (χ4n) is 5.13. The van der Waals surface area contributed by atoms with Gasteiger partial charge in [-0.15, -0.1) is 0 Å². The summed E-state index contributed by atoms with van der Waals surface area (Å²) in [6.45, 7) is 8.13. The molecule has 0 radical (unpaired) electrons. The molecule has 0 spiro atoms. The van der Waals surface area contributed by atoms with Crippen LogP contribution in [0.25, 0.3) is 0 Å². The lowest BCUT2D eigenvalue weighted by Crippen LogP contribution is -2.35. The zero-order valence-corrected chi connectivity index (χ0v) is 20.5. The Morgan fingerprint density at radius 2 is 1.47 bits per heavy atom. The van der Waals surface area contributed by atoms with E-state index in [0.29, 0.717) is 5.92 Å². The molecule has 0 aliphatic heterocycles. The van der Waals surface area contributed by atoms with Gasteiger partial charge >= 0.3 is 0 Å². The van der Waals surface area contributed by atoms with Crippen molar-refractivity contribution in [3.63, 3.8) is 0 Å². The fourth-order valence-corrected chi connectivity index (χ4v) is 5.13. The molecule has 3 rings (SSSR count). The average molecular weight is 431 g/mol. The van der Waals surface area contributed by atoms with Gasteiger partial charge in [-0.2, -0.15) is 0 Å². The third-order valence-corrected chi connectivity index (χ3v) is 7.02. The first-order valence-corrected chi connectivity index (χ1v) is 12.8. The smallest absolute Gasteiger partial charge is 0.112 e. The minimum atomic E-state index is -0.0110. The number of hydrogen-bond donors (Lipinski definition) is 0. The molecule has 172 valence electrons. The molecule has 2 atom stereocenters. The lowest BCUT2D eigenvalue weighted by molar-refractivity contribution is 0.322. The lowest BCUT2D eigenvalue weighted by atomic mass is 9.66. The number of benzene rings is 2. The monoisotopic (exact) mass is 430 g/mol. The average Bonchev–Trinajstić information content (AvgIpc) is 3.28. The van der Waals surface area contributed by atoms with Crippen LogP contribution in [0, 0.1) is 0 Å². The van der Waals surface area contributed by atoms with Crippen molar-refractivity contribution in [1.82, 2.24) is 9.55 Å². The van der Waals surface area contributed by atoms with E-state index in [0.717, 1.165) is 13.0 Å². The maximum Gasteiger partial charge on any atom is 0.112 e. The van der Waals surface area contributed by atoms with Crippen LogP contribution in [0.4, 0.5) is 0 Å². The zero-order chi connectivity index (χ0) is 22.7. The molecule has 0 aliphatic rings. The van der Waals surface area contributed by atoms with Gasteiger partial charge in [-0.3, -0.25) is 0 Å². The Balaban J connectivity index is 1.99. The van der Waals surface area contributed by atoms with Crippen molar-refractivity contribution in [1.29, 1.82) is 0 Å². The van der Waals surface area contributed by atoms with Crippen molar-refractivity contribution in [3.8, 4) is 0 Å². The number of aromatic nitrogens is 2. The molecule has 32 heavy (non-hydrogen) atoms. The van der Waals surface area contributed by atoms with E-state index >= 15 is 0 Å². The molecule has 0 bridgehead atoms. The summed E-state index contributed by atoms with van der Waals surface area (Å²) in [7, 11) is 0. The van der Waals surface area contributed by atoms with Crippen LogP contribution in [0.3, 0.4) is 0 Å². The lowest BCUT2D eigenvalue weighted by Gasteiger charge is -2.39. The third kappa shape index (κ3) is 6.34. The number of imidazole rings is 1. The minimum absolute atomic E-state index is 0.0110. The Labute approximate surface area is 196 Å². The van der Waals surface area contributed by atoms with Crippen LogP contribution in [0.2, 0.25) is 0 Å². The van der Waals surface area contributed by atoms with E-state index in [2.05, 4.69) is 92.2 Å². The number of hydrogen-bond acceptors (Lipinski definition) is 1. The third-order valence-electron chi connectivity index (χ3n) is 7.02. The van der Waals surface area contributed by atoms with Gasteiger partial charge in [-0.1, -0.05) is 120 Å². The summed E-state index contributed by atoms with van der Waals surface area (Å²) >= 11 is 0. The summed E-state index contributed by atoms with van der Waals surface area (Å²) in [5.41, 5.74) is 2.81. The van der Waals surface area contributed by atoms with E-state index in [1.807, 2.05) is 6.20 Å². The maximum absolute atomic E-state index is 4.99. The second-order valence-corrected chi connectivity index (χ2v) is 9.53. The van der Waals surface area contributed by atoms with E-state index in [1.165, 1.54) is 68.3 Å². The topological polar surface area (TPSA) is 17.8 Å². The summed E-state index contributed by atoms with van der Waals surface area (Å²) in [5, 5.41) is 0. The van der Waals surface area contributed by atoms with E-state index in [4.69, 9.17) is 4.98 Å². The van der Waals surface area contributed by atoms with Gasteiger partial charge in [0.25, 0.3) is 0 Å². The molecule has 1 aromatic heterocycles. The molecule has 0 N–H and O–H groups in total. The van der Waals surface area contributed by atoms with Crippen LogP contribution in [-0.2, 0) is 18.4 Å². The van der Waals surface area contributed by atoms with Crippen molar-refractivity contribution in [2.45, 2.75) is 96.4 Å². The standard InChI is InChI=1S/C30H42N2/c1-4-6-8-16-23-32-24-22-31-29(32)28(21-11-7-5-2)30(3,27-19-14-10-15-20-27)25-26-17-12-9-13-18-26/h9-10,12-15,17-20,22,24,28H,4-8,11,16,21,23,25H2,1-3H3. The number of nitrogens with zero attached hydrogens (tertiary/aromatic N) is 2. The van der Waals surface area contributed by atoms with Crippen LogP contribution >= 0.6 is 0 Å². The number of aryl methyl sites for hydroxylation is 1. The summed E-state index contributed by atoms with van der Waals surface area (Å²) in [5.74, 6) is 1.66. The summed E-state index contributed by atoms with van der Waals surface area (Å²) in [6.07, 6.45) is 15.4. The van der Waals surface area contributed by atoms with Gasteiger partial charge in [0.15, 0.2) is 0 Å². The van der Waals surface area contributed by atoms with Crippen molar-refractivity contribution >= 4 is 0 Å². The molecule has 2 aromatic carbocycles. The molecule has 0 aliphatic carbocycles. The normalized spacial score (nSPS) is 14.2. The molecule has 2 heteroatoms. The highest BCUT2D eigenvalue weighted by Gasteiger charge is 2.39. The van der Waals surface area contributed by atoms with E-state index < -0.39 is 0 Å². The van der Waals surface area contributed by atoms with Gasteiger partial charge in [0.1, 0.15) is 5.82 Å². The largest absolute Gasteiger partial charge is 0.335 e. The van der Waals surface area contributed by atoms with Crippen LogP contribution in [0.15, 0.2) is 73.1 Å². The predicted molar refractivity (Wildman–Crippen MR) is 137 cm³/mol. The Bertz CT molecular complexity index is 883. The SMILES string of the molecule is CCCCCCn1ccnc1C(CCCCC)C(C)(Cc1ccccc1)c1ccccc1. The van der Waals surface area contributed by atoms with E-state index in [1.54, 1.807) is 0 Å². The highest BCUT2D eigenvalue weighted by Crippen LogP contribution is 2.44. The van der Waals surface area contributed by atoms with Gasteiger partial charge in [0, 0.05) is 30.3 Å². The van der Waals surface area contributed by atoms with Crippen molar-refractivity contribution in [3.05, 3.63) is 90.0 Å². The molecular formula is C30H42N2. The first-order chi connectivity index (χ1) is 15.7. The maximum atomic E-state index is 4.99. The van der Waals surface area contributed by atoms with Gasteiger partial charge in [-0.25, -0.2) is 4.98 Å². The van der Waals surface area contributed by atoms with Crippen LogP contribution in [-0.4, -0.2) is 9.55 Å². The van der Waals surface area contributed by atoms with Crippen LogP contribution in [0.1, 0.15) is 95.0 Å². The molecule has 0 saturated heterocycles. The van der Waals surface area contributed by atoms with E-state index in [9.17, 15) is 0 Å². The fraction of sp³-hybridized carbons (Fsp3) is 0.500. The van der Waals surface area contributed by atoms with Crippen LogP contribution < -0.4 is 0 Å². The second kappa shape index (κ2) is 12.6. The van der Waals surface area contributed by atoms with Crippen LogP contribution in [0.5, 0.6) is 0 Å². The zero-order valence-electron chi connectivity index (χ0n) is 20.5. The molecule has 2 nitrogen and oxygen atoms in total. The Hall–Kier alpha value is -2.35. The molecule has 0 saturated carbocycles. The number of unbranched alkanes of at least 4 members (excludes halogenated alkanes) is 5. The minimum Gasteiger partial charge on any atom is -0.335 e. The second-order valence-electron chi connectivity index (χ2n) is 9.53. The molecular weight excluding hydrogens is 388 g/mol. The van der Waals surface area contributed by atoms with Gasteiger partial charge in [0.2, 0.25) is 0 Å². The first kappa shape index (κ1) is 24.3. The highest BCUT2D eigenvalue weighted by molar-refractivity contribution is 5.33. The first-order valence-electron chi connectivity index (χ1n) is 12.8. The van der Waals surface area contributed by atoms with Crippen molar-refractivity contribution in [2.24, 2.45) is 0 Å². The quantitative estimate of drug-likeness (QED) is 0.235. The Morgan fingerprint density at radius 1 is 0.812 bits per heavy atom. The van der Waals surface area contributed by atoms with Gasteiger partial charge < -0.3 is 4.57 Å². The van der Waals surface area contributed by atoms with Gasteiger partial charge in [-0.05, 0) is 30.4 Å². The van der Waals surface area contributed by atoms with E-state index in [-0.39, 0.29) is 5.41 Å². The number of rotatable bonds is 14. The molecule has 2 unspecified atom stereocenters.